The van der Waals surface area contributed by atoms with Crippen LogP contribution in [0.2, 0.25) is 0 Å². The van der Waals surface area contributed by atoms with Gasteiger partial charge in [-0.3, -0.25) is 4.90 Å². The molecule has 1 aromatic carbocycles. The number of aryl methyl sites for hydroxylation is 1. The van der Waals surface area contributed by atoms with Crippen molar-refractivity contribution in [1.82, 2.24) is 4.90 Å². The number of nitrogens with zero attached hydrogens (tertiary/aromatic N) is 1. The molecule has 1 heterocycles. The fourth-order valence-electron chi connectivity index (χ4n) is 3.70. The smallest absolute Gasteiger partial charge is 0.123 e. The van der Waals surface area contributed by atoms with Gasteiger partial charge in [0, 0.05) is 18.6 Å². The molecule has 0 spiro atoms. The first kappa shape index (κ1) is 13.1. The van der Waals surface area contributed by atoms with Gasteiger partial charge in [0.1, 0.15) is 5.82 Å². The van der Waals surface area contributed by atoms with Crippen LogP contribution in [0.15, 0.2) is 18.2 Å². The summed E-state index contributed by atoms with van der Waals surface area (Å²) in [5.41, 5.74) is 8.61. The van der Waals surface area contributed by atoms with E-state index < -0.39 is 0 Å². The maximum Gasteiger partial charge on any atom is 0.123 e. The molecule has 3 heteroatoms. The second-order valence-electron chi connectivity index (χ2n) is 6.15. The van der Waals surface area contributed by atoms with Gasteiger partial charge in [-0.05, 0) is 68.3 Å². The summed E-state index contributed by atoms with van der Waals surface area (Å²) in [7, 11) is 0. The highest BCUT2D eigenvalue weighted by molar-refractivity contribution is 5.35. The molecule has 2 N–H and O–H groups in total. The van der Waals surface area contributed by atoms with Crippen LogP contribution in [0.3, 0.4) is 0 Å². The van der Waals surface area contributed by atoms with Crippen LogP contribution in [-0.4, -0.2) is 24.0 Å². The summed E-state index contributed by atoms with van der Waals surface area (Å²) in [6.07, 6.45) is 4.62. The fraction of sp³-hybridized carbons (Fsp3) is 0.625. The molecule has 1 aliphatic carbocycles. The van der Waals surface area contributed by atoms with Crippen LogP contribution in [0.5, 0.6) is 0 Å². The van der Waals surface area contributed by atoms with E-state index in [0.29, 0.717) is 12.0 Å². The SMILES string of the molecule is CC(N)C1CCCN(C2CCc3cc(F)ccc32)C1. The van der Waals surface area contributed by atoms with Crippen molar-refractivity contribution in [1.29, 1.82) is 0 Å². The van der Waals surface area contributed by atoms with Gasteiger partial charge in [-0.1, -0.05) is 6.07 Å². The van der Waals surface area contributed by atoms with Crippen molar-refractivity contribution in [3.8, 4) is 0 Å². The average molecular weight is 262 g/mol. The van der Waals surface area contributed by atoms with E-state index in [0.717, 1.165) is 25.9 Å². The quantitative estimate of drug-likeness (QED) is 0.888. The van der Waals surface area contributed by atoms with Crippen LogP contribution in [0.25, 0.3) is 0 Å². The van der Waals surface area contributed by atoms with Crippen molar-refractivity contribution >= 4 is 0 Å². The number of rotatable bonds is 2. The van der Waals surface area contributed by atoms with E-state index >= 15 is 0 Å². The number of piperidine rings is 1. The third-order valence-electron chi connectivity index (χ3n) is 4.82. The molecule has 0 saturated carbocycles. The van der Waals surface area contributed by atoms with Crippen molar-refractivity contribution in [2.24, 2.45) is 11.7 Å². The second-order valence-corrected chi connectivity index (χ2v) is 6.15. The molecule has 3 atom stereocenters. The van der Waals surface area contributed by atoms with E-state index in [9.17, 15) is 4.39 Å². The predicted octanol–water partition coefficient (Wildman–Crippen LogP) is 2.87. The third-order valence-corrected chi connectivity index (χ3v) is 4.82. The summed E-state index contributed by atoms with van der Waals surface area (Å²) < 4.78 is 13.3. The lowest BCUT2D eigenvalue weighted by atomic mass is 9.90. The molecule has 0 aromatic heterocycles. The zero-order valence-corrected chi connectivity index (χ0v) is 11.6. The minimum absolute atomic E-state index is 0.105. The molecule has 3 rings (SSSR count). The van der Waals surface area contributed by atoms with E-state index in [1.54, 1.807) is 12.1 Å². The van der Waals surface area contributed by atoms with Crippen LogP contribution in [0.4, 0.5) is 4.39 Å². The highest BCUT2D eigenvalue weighted by atomic mass is 19.1. The van der Waals surface area contributed by atoms with Crippen molar-refractivity contribution in [3.63, 3.8) is 0 Å². The number of halogens is 1. The number of fused-ring (bicyclic) bond motifs is 1. The van der Waals surface area contributed by atoms with Crippen molar-refractivity contribution in [3.05, 3.63) is 35.1 Å². The minimum Gasteiger partial charge on any atom is -0.328 e. The summed E-state index contributed by atoms with van der Waals surface area (Å²) >= 11 is 0. The monoisotopic (exact) mass is 262 g/mol. The number of nitrogens with two attached hydrogens (primary N) is 1. The molecule has 0 amide bonds. The highest BCUT2D eigenvalue weighted by Crippen LogP contribution is 2.38. The fourth-order valence-corrected chi connectivity index (χ4v) is 3.70. The summed E-state index contributed by atoms with van der Waals surface area (Å²) in [5.74, 6) is 0.504. The van der Waals surface area contributed by atoms with Gasteiger partial charge in [0.05, 0.1) is 0 Å². The number of hydrogen-bond acceptors (Lipinski definition) is 2. The molecule has 1 aliphatic heterocycles. The van der Waals surface area contributed by atoms with E-state index in [1.165, 1.54) is 24.0 Å². The van der Waals surface area contributed by atoms with E-state index in [4.69, 9.17) is 5.73 Å². The Hall–Kier alpha value is -0.930. The minimum atomic E-state index is -0.105. The van der Waals surface area contributed by atoms with Gasteiger partial charge in [0.25, 0.3) is 0 Å². The lowest BCUT2D eigenvalue weighted by molar-refractivity contribution is 0.113. The van der Waals surface area contributed by atoms with Crippen LogP contribution >= 0.6 is 0 Å². The first-order chi connectivity index (χ1) is 9.15. The molecule has 104 valence electrons. The second kappa shape index (κ2) is 5.22. The molecule has 1 aromatic rings. The van der Waals surface area contributed by atoms with Crippen LogP contribution in [0.1, 0.15) is 43.4 Å². The van der Waals surface area contributed by atoms with E-state index in [1.807, 2.05) is 6.07 Å². The molecule has 1 saturated heterocycles. The number of likely N-dealkylation sites (tertiary alicyclic amines) is 1. The summed E-state index contributed by atoms with van der Waals surface area (Å²) in [6.45, 7) is 4.37. The van der Waals surface area contributed by atoms with Crippen LogP contribution in [-0.2, 0) is 6.42 Å². The molecule has 0 radical (unpaired) electrons. The molecular weight excluding hydrogens is 239 g/mol. The molecule has 1 fully saturated rings. The largest absolute Gasteiger partial charge is 0.328 e. The number of hydrogen-bond donors (Lipinski definition) is 1. The van der Waals surface area contributed by atoms with Gasteiger partial charge in [-0.2, -0.15) is 0 Å². The van der Waals surface area contributed by atoms with Gasteiger partial charge >= 0.3 is 0 Å². The predicted molar refractivity (Wildman–Crippen MR) is 75.4 cm³/mol. The molecule has 2 nitrogen and oxygen atoms in total. The standard InChI is InChI=1S/C16H23FN2/c1-11(18)13-3-2-8-19(10-13)16-7-4-12-9-14(17)5-6-15(12)16/h5-6,9,11,13,16H,2-4,7-8,10,18H2,1H3. The summed E-state index contributed by atoms with van der Waals surface area (Å²) in [5, 5.41) is 0. The van der Waals surface area contributed by atoms with E-state index in [2.05, 4.69) is 11.8 Å². The Morgan fingerprint density at radius 1 is 1.37 bits per heavy atom. The normalized spacial score (nSPS) is 29.2. The molecule has 19 heavy (non-hydrogen) atoms. The average Bonchev–Trinajstić information content (AvgIpc) is 2.81. The third kappa shape index (κ3) is 2.54. The van der Waals surface area contributed by atoms with Gasteiger partial charge in [0.2, 0.25) is 0 Å². The first-order valence-corrected chi connectivity index (χ1v) is 7.43. The zero-order valence-electron chi connectivity index (χ0n) is 11.6. The summed E-state index contributed by atoms with van der Waals surface area (Å²) in [6, 6.07) is 6.05. The van der Waals surface area contributed by atoms with Gasteiger partial charge in [-0.25, -0.2) is 4.39 Å². The lowest BCUT2D eigenvalue weighted by Gasteiger charge is -2.38. The maximum atomic E-state index is 13.3. The Morgan fingerprint density at radius 3 is 3.00 bits per heavy atom. The number of benzene rings is 1. The maximum absolute atomic E-state index is 13.3. The molecule has 0 bridgehead atoms. The van der Waals surface area contributed by atoms with Crippen molar-refractivity contribution < 1.29 is 4.39 Å². The first-order valence-electron chi connectivity index (χ1n) is 7.43. The van der Waals surface area contributed by atoms with Gasteiger partial charge in [-0.15, -0.1) is 0 Å². The molecule has 2 aliphatic rings. The summed E-state index contributed by atoms with van der Waals surface area (Å²) in [4.78, 5) is 2.57. The van der Waals surface area contributed by atoms with Crippen LogP contribution < -0.4 is 5.73 Å². The Labute approximate surface area is 114 Å². The molecular formula is C16H23FN2. The molecule has 3 unspecified atom stereocenters. The Morgan fingerprint density at radius 2 is 2.21 bits per heavy atom. The zero-order chi connectivity index (χ0) is 13.4. The highest BCUT2D eigenvalue weighted by Gasteiger charge is 2.32. The Balaban J connectivity index is 1.78. The lowest BCUT2D eigenvalue weighted by Crippen LogP contribution is -2.43. The topological polar surface area (TPSA) is 29.3 Å². The Kier molecular flexibility index (Phi) is 3.59. The van der Waals surface area contributed by atoms with Crippen molar-refractivity contribution in [2.75, 3.05) is 13.1 Å². The van der Waals surface area contributed by atoms with Crippen LogP contribution in [0, 0.1) is 11.7 Å². The van der Waals surface area contributed by atoms with Crippen molar-refractivity contribution in [2.45, 2.75) is 44.7 Å². The van der Waals surface area contributed by atoms with E-state index in [-0.39, 0.29) is 11.9 Å². The Bertz CT molecular complexity index is 458. The van der Waals surface area contributed by atoms with Gasteiger partial charge < -0.3 is 5.73 Å². The van der Waals surface area contributed by atoms with Gasteiger partial charge in [0.15, 0.2) is 0 Å².